The van der Waals surface area contributed by atoms with Crippen LogP contribution < -0.4 is 25.0 Å². The zero-order valence-corrected chi connectivity index (χ0v) is 27.3. The van der Waals surface area contributed by atoms with Crippen molar-refractivity contribution in [2.45, 2.75) is 58.0 Å². The van der Waals surface area contributed by atoms with Crippen molar-refractivity contribution in [3.05, 3.63) is 88.2 Å². The first kappa shape index (κ1) is 34.5. The van der Waals surface area contributed by atoms with Crippen LogP contribution in [-0.2, 0) is 25.6 Å². The van der Waals surface area contributed by atoms with Gasteiger partial charge >= 0.3 is 6.09 Å². The molecule has 0 radical (unpaired) electrons. The van der Waals surface area contributed by atoms with E-state index in [9.17, 15) is 18.8 Å². The van der Waals surface area contributed by atoms with Crippen molar-refractivity contribution in [2.24, 2.45) is 0 Å². The third-order valence-corrected chi connectivity index (χ3v) is 7.32. The molecule has 12 heteroatoms. The molecule has 1 aliphatic heterocycles. The lowest BCUT2D eigenvalue weighted by Crippen LogP contribution is -2.40. The molecule has 0 spiro atoms. The van der Waals surface area contributed by atoms with Gasteiger partial charge in [-0.2, -0.15) is 0 Å². The third-order valence-electron chi connectivity index (χ3n) is 7.09. The summed E-state index contributed by atoms with van der Waals surface area (Å²) in [4.78, 5) is 40.0. The first-order chi connectivity index (χ1) is 21.9. The molecule has 3 amide bonds. The lowest BCUT2D eigenvalue weighted by molar-refractivity contribution is -0.137. The SMILES string of the molecule is COc1c(OCCCNC(=O)OC(C)(C)C)cccc1C1OC(CC(=O)NCc2ccccc2F)C(=O)N(C)c2ccc(Cl)cc21. The van der Waals surface area contributed by atoms with Crippen molar-refractivity contribution in [3.63, 3.8) is 0 Å². The summed E-state index contributed by atoms with van der Waals surface area (Å²) < 4.78 is 37.6. The van der Waals surface area contributed by atoms with Crippen molar-refractivity contribution in [1.29, 1.82) is 0 Å². The number of fused-ring (bicyclic) bond motifs is 1. The molecule has 246 valence electrons. The number of nitrogens with one attached hydrogen (secondary N) is 2. The Morgan fingerprint density at radius 2 is 1.80 bits per heavy atom. The third kappa shape index (κ3) is 8.88. The number of hydrogen-bond donors (Lipinski definition) is 2. The number of alkyl carbamates (subject to hydrolysis) is 1. The first-order valence-corrected chi connectivity index (χ1v) is 15.2. The monoisotopic (exact) mass is 655 g/mol. The molecule has 2 N–H and O–H groups in total. The van der Waals surface area contributed by atoms with Gasteiger partial charge in [0.25, 0.3) is 5.91 Å². The summed E-state index contributed by atoms with van der Waals surface area (Å²) in [5, 5.41) is 5.81. The summed E-state index contributed by atoms with van der Waals surface area (Å²) >= 11 is 6.41. The van der Waals surface area contributed by atoms with Crippen LogP contribution in [0.15, 0.2) is 60.7 Å². The average molecular weight is 656 g/mol. The number of anilines is 1. The maximum atomic E-state index is 14.1. The molecule has 0 saturated carbocycles. The minimum Gasteiger partial charge on any atom is -0.492 e. The number of rotatable bonds is 11. The second-order valence-corrected chi connectivity index (χ2v) is 12.1. The summed E-state index contributed by atoms with van der Waals surface area (Å²) in [5.74, 6) is -0.561. The van der Waals surface area contributed by atoms with E-state index in [4.69, 9.17) is 30.5 Å². The molecule has 1 heterocycles. The highest BCUT2D eigenvalue weighted by Crippen LogP contribution is 2.45. The van der Waals surface area contributed by atoms with Crippen molar-refractivity contribution < 1.29 is 37.7 Å². The van der Waals surface area contributed by atoms with Gasteiger partial charge in [-0.05, 0) is 57.5 Å². The number of carbonyl (C=O) groups is 3. The highest BCUT2D eigenvalue weighted by Gasteiger charge is 2.37. The quantitative estimate of drug-likeness (QED) is 0.246. The molecule has 4 rings (SSSR count). The largest absolute Gasteiger partial charge is 0.492 e. The number of nitrogens with zero attached hydrogens (tertiary/aromatic N) is 1. The van der Waals surface area contributed by atoms with Gasteiger partial charge in [0, 0.05) is 47.5 Å². The molecule has 2 unspecified atom stereocenters. The van der Waals surface area contributed by atoms with E-state index in [2.05, 4.69) is 10.6 Å². The van der Waals surface area contributed by atoms with Crippen LogP contribution in [0.5, 0.6) is 11.5 Å². The second-order valence-electron chi connectivity index (χ2n) is 11.7. The number of methoxy groups -OCH3 is 1. The molecule has 0 saturated heterocycles. The standard InChI is InChI=1S/C34H39ClFN3O7/c1-34(2,3)46-33(42)37-16-9-17-44-27-13-8-11-23(31(27)43-5)30-24-18-22(35)14-15-26(24)39(4)32(41)28(45-30)19-29(40)38-20-21-10-6-7-12-25(21)36/h6-8,10-15,18,28,30H,9,16-17,19-20H2,1-5H3,(H,37,42)(H,38,40). The number of halogens is 2. The minimum absolute atomic E-state index is 0.0397. The molecule has 3 aromatic rings. The minimum atomic E-state index is -1.19. The Kier molecular flexibility index (Phi) is 11.5. The number of hydrogen-bond acceptors (Lipinski definition) is 7. The van der Waals surface area contributed by atoms with Gasteiger partial charge in [0.1, 0.15) is 23.6 Å². The second kappa shape index (κ2) is 15.3. The predicted octanol–water partition coefficient (Wildman–Crippen LogP) is 5.94. The Morgan fingerprint density at radius 3 is 2.52 bits per heavy atom. The van der Waals surface area contributed by atoms with Crippen molar-refractivity contribution in [1.82, 2.24) is 10.6 Å². The topological polar surface area (TPSA) is 115 Å². The highest BCUT2D eigenvalue weighted by atomic mass is 35.5. The fourth-order valence-corrected chi connectivity index (χ4v) is 5.13. The van der Waals surface area contributed by atoms with Crippen molar-refractivity contribution >= 4 is 35.2 Å². The van der Waals surface area contributed by atoms with Gasteiger partial charge in [-0.15, -0.1) is 0 Å². The zero-order chi connectivity index (χ0) is 33.4. The van der Waals surface area contributed by atoms with E-state index >= 15 is 0 Å². The van der Waals surface area contributed by atoms with Gasteiger partial charge < -0.3 is 34.5 Å². The maximum Gasteiger partial charge on any atom is 0.407 e. The summed E-state index contributed by atoms with van der Waals surface area (Å²) in [5.41, 5.74) is 1.42. The molecule has 2 atom stereocenters. The summed E-state index contributed by atoms with van der Waals surface area (Å²) in [6.07, 6.45) is -2.38. The summed E-state index contributed by atoms with van der Waals surface area (Å²) in [6.45, 7) is 5.93. The molecular formula is C34H39ClFN3O7. The van der Waals surface area contributed by atoms with E-state index in [0.29, 0.717) is 51.9 Å². The molecule has 0 aliphatic carbocycles. The molecule has 46 heavy (non-hydrogen) atoms. The van der Waals surface area contributed by atoms with Gasteiger partial charge in [0.15, 0.2) is 11.5 Å². The molecule has 1 aliphatic rings. The van der Waals surface area contributed by atoms with Gasteiger partial charge in [-0.25, -0.2) is 9.18 Å². The van der Waals surface area contributed by atoms with E-state index in [1.807, 2.05) is 0 Å². The lowest BCUT2D eigenvalue weighted by Gasteiger charge is -2.24. The molecule has 0 aromatic heterocycles. The fraction of sp³-hybridized carbons (Fsp3) is 0.382. The Labute approximate surface area is 273 Å². The molecular weight excluding hydrogens is 617 g/mol. The zero-order valence-electron chi connectivity index (χ0n) is 26.5. The number of carbonyl (C=O) groups excluding carboxylic acids is 3. The van der Waals surface area contributed by atoms with Crippen LogP contribution in [0.2, 0.25) is 5.02 Å². The molecule has 3 aromatic carbocycles. The fourth-order valence-electron chi connectivity index (χ4n) is 4.95. The van der Waals surface area contributed by atoms with Gasteiger partial charge in [0.05, 0.1) is 20.1 Å². The predicted molar refractivity (Wildman–Crippen MR) is 172 cm³/mol. The van der Waals surface area contributed by atoms with E-state index in [0.717, 1.165) is 0 Å². The Bertz CT molecular complexity index is 1560. The van der Waals surface area contributed by atoms with Crippen LogP contribution >= 0.6 is 11.6 Å². The van der Waals surface area contributed by atoms with Crippen LogP contribution in [0, 0.1) is 5.82 Å². The molecule has 10 nitrogen and oxygen atoms in total. The molecule has 0 fully saturated rings. The first-order valence-electron chi connectivity index (χ1n) is 14.9. The lowest BCUT2D eigenvalue weighted by atomic mass is 9.98. The van der Waals surface area contributed by atoms with Crippen LogP contribution in [-0.4, -0.2) is 56.9 Å². The molecule has 0 bridgehead atoms. The van der Waals surface area contributed by atoms with Crippen molar-refractivity contribution in [3.8, 4) is 11.5 Å². The van der Waals surface area contributed by atoms with Crippen LogP contribution in [0.4, 0.5) is 14.9 Å². The maximum absolute atomic E-state index is 14.1. The van der Waals surface area contributed by atoms with E-state index < -0.39 is 41.5 Å². The van der Waals surface area contributed by atoms with Crippen LogP contribution in [0.25, 0.3) is 0 Å². The number of benzene rings is 3. The van der Waals surface area contributed by atoms with Gasteiger partial charge in [-0.1, -0.05) is 41.9 Å². The number of amides is 3. The average Bonchev–Trinajstić information content (AvgIpc) is 3.09. The summed E-state index contributed by atoms with van der Waals surface area (Å²) in [7, 11) is 3.10. The number of ether oxygens (including phenoxy) is 4. The highest BCUT2D eigenvalue weighted by molar-refractivity contribution is 6.30. The van der Waals surface area contributed by atoms with Gasteiger partial charge in [-0.3, -0.25) is 9.59 Å². The van der Waals surface area contributed by atoms with Crippen molar-refractivity contribution in [2.75, 3.05) is 32.2 Å². The number of likely N-dealkylation sites (N-methyl/N-ethyl adjacent to an activating group) is 1. The van der Waals surface area contributed by atoms with Crippen LogP contribution in [0.1, 0.15) is 56.4 Å². The Balaban J connectivity index is 1.55. The number of para-hydroxylation sites is 1. The van der Waals surface area contributed by atoms with E-state index in [1.165, 1.54) is 18.1 Å². The van der Waals surface area contributed by atoms with Crippen LogP contribution in [0.3, 0.4) is 0 Å². The smallest absolute Gasteiger partial charge is 0.407 e. The van der Waals surface area contributed by atoms with E-state index in [1.54, 1.807) is 82.4 Å². The van der Waals surface area contributed by atoms with E-state index in [-0.39, 0.29) is 19.6 Å². The Morgan fingerprint density at radius 1 is 1.04 bits per heavy atom. The summed E-state index contributed by atoms with van der Waals surface area (Å²) in [6, 6.07) is 16.5. The normalized spacial score (nSPS) is 16.2. The Hall–Kier alpha value is -4.35. The van der Waals surface area contributed by atoms with Gasteiger partial charge in [0.2, 0.25) is 5.91 Å².